The largest absolute Gasteiger partial charge is 0.330 e. The van der Waals surface area contributed by atoms with Crippen molar-refractivity contribution in [2.24, 2.45) is 0 Å². The number of urea groups is 1. The van der Waals surface area contributed by atoms with Crippen LogP contribution in [-0.2, 0) is 6.54 Å². The molecule has 24 heavy (non-hydrogen) atoms. The van der Waals surface area contributed by atoms with Crippen LogP contribution in [0.15, 0.2) is 46.5 Å². The monoisotopic (exact) mass is 356 g/mol. The minimum absolute atomic E-state index is 0.235. The van der Waals surface area contributed by atoms with Crippen LogP contribution in [0.2, 0.25) is 0 Å². The van der Waals surface area contributed by atoms with Gasteiger partial charge in [-0.05, 0) is 41.1 Å². The first-order valence-electron chi connectivity index (χ1n) is 7.12. The molecule has 0 fully saturated rings. The van der Waals surface area contributed by atoms with Gasteiger partial charge >= 0.3 is 6.03 Å². The summed E-state index contributed by atoms with van der Waals surface area (Å²) in [5.41, 5.74) is 2.53. The van der Waals surface area contributed by atoms with E-state index < -0.39 is 0 Å². The van der Waals surface area contributed by atoms with E-state index >= 15 is 0 Å². The number of carbonyl (C=O) groups is 1. The Morgan fingerprint density at radius 2 is 2.12 bits per heavy atom. The highest BCUT2D eigenvalue weighted by molar-refractivity contribution is 7.14. The topological polar surface area (TPSA) is 84.2 Å². The van der Waals surface area contributed by atoms with Crippen molar-refractivity contribution in [3.05, 3.63) is 52.3 Å². The third-order valence-electron chi connectivity index (χ3n) is 3.31. The summed E-state index contributed by atoms with van der Waals surface area (Å²) >= 11 is 3.08. The molecule has 2 amide bonds. The average Bonchev–Trinajstić information content (AvgIpc) is 3.34. The summed E-state index contributed by atoms with van der Waals surface area (Å²) in [6, 6.07) is 9.21. The lowest BCUT2D eigenvalue weighted by molar-refractivity contribution is 0.251. The number of amides is 2. The molecular weight excluding hydrogens is 344 g/mol. The van der Waals surface area contributed by atoms with Crippen LogP contribution in [0.5, 0.6) is 0 Å². The number of hydrogen-bond donors (Lipinski definition) is 2. The molecule has 2 N–H and O–H groups in total. The number of thiophene rings is 2. The van der Waals surface area contributed by atoms with Gasteiger partial charge in [0, 0.05) is 10.9 Å². The van der Waals surface area contributed by atoms with Crippen molar-refractivity contribution in [1.82, 2.24) is 25.1 Å². The fourth-order valence-corrected chi connectivity index (χ4v) is 3.43. The fourth-order valence-electron chi connectivity index (χ4n) is 2.17. The van der Waals surface area contributed by atoms with Crippen molar-refractivity contribution in [3.8, 4) is 11.3 Å². The number of carbonyl (C=O) groups excluding carboxylic acids is 1. The Balaban J connectivity index is 1.51. The van der Waals surface area contributed by atoms with Gasteiger partial charge in [-0.1, -0.05) is 0 Å². The Morgan fingerprint density at radius 3 is 2.92 bits per heavy atom. The van der Waals surface area contributed by atoms with E-state index in [1.807, 2.05) is 46.5 Å². The van der Waals surface area contributed by atoms with E-state index in [0.29, 0.717) is 11.5 Å². The van der Waals surface area contributed by atoms with E-state index in [1.54, 1.807) is 15.9 Å². The third-order valence-corrected chi connectivity index (χ3v) is 4.78. The average molecular weight is 356 g/mol. The SMILES string of the molecule is O=C(NCc1nnc2ccc(-c3ccsc3)nn12)Nc1cccs1. The minimum atomic E-state index is -0.289. The van der Waals surface area contributed by atoms with Gasteiger partial charge in [-0.2, -0.15) is 21.0 Å². The third kappa shape index (κ3) is 2.99. The highest BCUT2D eigenvalue weighted by Gasteiger charge is 2.10. The zero-order valence-electron chi connectivity index (χ0n) is 12.3. The van der Waals surface area contributed by atoms with Crippen molar-refractivity contribution in [1.29, 1.82) is 0 Å². The normalized spacial score (nSPS) is 10.8. The molecule has 0 radical (unpaired) electrons. The number of aromatic nitrogens is 4. The van der Waals surface area contributed by atoms with Crippen LogP contribution in [-0.4, -0.2) is 25.8 Å². The van der Waals surface area contributed by atoms with Gasteiger partial charge in [-0.15, -0.1) is 21.5 Å². The van der Waals surface area contributed by atoms with Crippen molar-refractivity contribution < 1.29 is 4.79 Å². The van der Waals surface area contributed by atoms with E-state index in [0.717, 1.165) is 16.3 Å². The van der Waals surface area contributed by atoms with Gasteiger partial charge in [0.2, 0.25) is 0 Å². The molecule has 0 aromatic carbocycles. The summed E-state index contributed by atoms with van der Waals surface area (Å²) in [6.07, 6.45) is 0. The second-order valence-electron chi connectivity index (χ2n) is 4.90. The van der Waals surface area contributed by atoms with Crippen molar-refractivity contribution in [2.75, 3.05) is 5.32 Å². The minimum Gasteiger partial charge on any atom is -0.330 e. The molecule has 0 aliphatic heterocycles. The second-order valence-corrected chi connectivity index (χ2v) is 6.63. The molecule has 4 heterocycles. The Morgan fingerprint density at radius 1 is 1.17 bits per heavy atom. The molecule has 4 aromatic heterocycles. The summed E-state index contributed by atoms with van der Waals surface area (Å²) < 4.78 is 1.65. The Labute approximate surface area is 145 Å². The van der Waals surface area contributed by atoms with Crippen LogP contribution < -0.4 is 10.6 Å². The van der Waals surface area contributed by atoms with Crippen molar-refractivity contribution >= 4 is 39.4 Å². The van der Waals surface area contributed by atoms with Crippen LogP contribution in [0.1, 0.15) is 5.82 Å². The van der Waals surface area contributed by atoms with E-state index in [2.05, 4.69) is 25.9 Å². The Hall–Kier alpha value is -2.78. The number of hydrogen-bond acceptors (Lipinski definition) is 6. The lowest BCUT2D eigenvalue weighted by Gasteiger charge is -2.05. The molecule has 0 unspecified atom stereocenters. The smallest absolute Gasteiger partial charge is 0.320 e. The molecule has 4 rings (SSSR count). The predicted molar refractivity (Wildman–Crippen MR) is 94.3 cm³/mol. The number of fused-ring (bicyclic) bond motifs is 1. The number of rotatable bonds is 4. The Kier molecular flexibility index (Phi) is 3.93. The maximum absolute atomic E-state index is 11.9. The highest BCUT2D eigenvalue weighted by atomic mass is 32.1. The molecule has 0 bridgehead atoms. The summed E-state index contributed by atoms with van der Waals surface area (Å²) in [5.74, 6) is 0.573. The first kappa shape index (κ1) is 14.8. The summed E-state index contributed by atoms with van der Waals surface area (Å²) in [4.78, 5) is 11.9. The van der Waals surface area contributed by atoms with Gasteiger partial charge < -0.3 is 5.32 Å². The van der Waals surface area contributed by atoms with Gasteiger partial charge in [0.1, 0.15) is 0 Å². The van der Waals surface area contributed by atoms with Crippen LogP contribution >= 0.6 is 22.7 Å². The zero-order chi connectivity index (χ0) is 16.4. The molecule has 0 atom stereocenters. The predicted octanol–water partition coefficient (Wildman–Crippen LogP) is 3.24. The molecule has 0 aliphatic rings. The molecular formula is C15H12N6OS2. The molecule has 4 aromatic rings. The summed E-state index contributed by atoms with van der Waals surface area (Å²) in [6.45, 7) is 0.235. The number of nitrogens with one attached hydrogen (secondary N) is 2. The highest BCUT2D eigenvalue weighted by Crippen LogP contribution is 2.20. The van der Waals surface area contributed by atoms with Crippen LogP contribution in [0.25, 0.3) is 16.9 Å². The van der Waals surface area contributed by atoms with E-state index in [9.17, 15) is 4.79 Å². The molecule has 9 heteroatoms. The number of anilines is 1. The molecule has 0 saturated heterocycles. The fraction of sp³-hybridized carbons (Fsp3) is 0.0667. The van der Waals surface area contributed by atoms with E-state index in [4.69, 9.17) is 0 Å². The Bertz CT molecular complexity index is 961. The van der Waals surface area contributed by atoms with Gasteiger partial charge in [-0.25, -0.2) is 4.79 Å². The van der Waals surface area contributed by atoms with E-state index in [-0.39, 0.29) is 12.6 Å². The maximum Gasteiger partial charge on any atom is 0.320 e. The van der Waals surface area contributed by atoms with Gasteiger partial charge in [0.15, 0.2) is 11.5 Å². The van der Waals surface area contributed by atoms with Gasteiger partial charge in [0.25, 0.3) is 0 Å². The molecule has 120 valence electrons. The number of nitrogens with zero attached hydrogens (tertiary/aromatic N) is 4. The first-order chi connectivity index (χ1) is 11.8. The first-order valence-corrected chi connectivity index (χ1v) is 8.94. The molecule has 7 nitrogen and oxygen atoms in total. The van der Waals surface area contributed by atoms with Crippen molar-refractivity contribution in [3.63, 3.8) is 0 Å². The quantitative estimate of drug-likeness (QED) is 0.588. The summed E-state index contributed by atoms with van der Waals surface area (Å²) in [5, 5.41) is 25.0. The van der Waals surface area contributed by atoms with Crippen LogP contribution in [0, 0.1) is 0 Å². The van der Waals surface area contributed by atoms with Crippen LogP contribution in [0.3, 0.4) is 0 Å². The van der Waals surface area contributed by atoms with Crippen molar-refractivity contribution in [2.45, 2.75) is 6.54 Å². The summed E-state index contributed by atoms with van der Waals surface area (Å²) in [7, 11) is 0. The standard InChI is InChI=1S/C15H12N6OS2/c22-15(17-14-2-1-6-24-14)16-8-13-19-18-12-4-3-11(20-21(12)13)10-5-7-23-9-10/h1-7,9H,8H2,(H2,16,17,22). The van der Waals surface area contributed by atoms with Gasteiger partial charge in [-0.3, -0.25) is 5.32 Å². The molecule has 0 aliphatic carbocycles. The molecule has 0 saturated carbocycles. The maximum atomic E-state index is 11.9. The second kappa shape index (κ2) is 6.38. The lowest BCUT2D eigenvalue weighted by atomic mass is 10.2. The van der Waals surface area contributed by atoms with E-state index in [1.165, 1.54) is 11.3 Å². The van der Waals surface area contributed by atoms with Crippen LogP contribution in [0.4, 0.5) is 9.80 Å². The zero-order valence-corrected chi connectivity index (χ0v) is 14.0. The lowest BCUT2D eigenvalue weighted by Crippen LogP contribution is -2.28. The van der Waals surface area contributed by atoms with Gasteiger partial charge in [0.05, 0.1) is 17.2 Å². The molecule has 0 spiro atoms.